The van der Waals surface area contributed by atoms with E-state index < -0.39 is 10.0 Å². The van der Waals surface area contributed by atoms with Crippen molar-refractivity contribution in [2.24, 2.45) is 0 Å². The summed E-state index contributed by atoms with van der Waals surface area (Å²) in [6.45, 7) is 1.73. The third-order valence-electron chi connectivity index (χ3n) is 1.87. The van der Waals surface area contributed by atoms with E-state index in [4.69, 9.17) is 23.2 Å². The second kappa shape index (κ2) is 5.16. The van der Waals surface area contributed by atoms with E-state index in [0.29, 0.717) is 15.6 Å². The van der Waals surface area contributed by atoms with E-state index in [0.717, 1.165) is 0 Å². The highest BCUT2D eigenvalue weighted by atomic mass is 35.5. The van der Waals surface area contributed by atoms with E-state index in [9.17, 15) is 8.42 Å². The van der Waals surface area contributed by atoms with Gasteiger partial charge in [-0.3, -0.25) is 0 Å². The summed E-state index contributed by atoms with van der Waals surface area (Å²) in [5, 5.41) is 1.03. The number of sulfonamides is 1. The van der Waals surface area contributed by atoms with Gasteiger partial charge in [0.1, 0.15) is 0 Å². The molecule has 0 bridgehead atoms. The van der Waals surface area contributed by atoms with Crippen LogP contribution in [-0.2, 0) is 16.6 Å². The molecule has 1 aromatic rings. The molecule has 0 aliphatic rings. The first-order chi connectivity index (χ1) is 6.94. The van der Waals surface area contributed by atoms with Crippen LogP contribution in [0.1, 0.15) is 12.5 Å². The molecule has 0 unspecified atom stereocenters. The van der Waals surface area contributed by atoms with Crippen molar-refractivity contribution in [3.63, 3.8) is 0 Å². The molecule has 0 heterocycles. The van der Waals surface area contributed by atoms with Gasteiger partial charge in [-0.15, -0.1) is 0 Å². The minimum Gasteiger partial charge on any atom is -0.212 e. The van der Waals surface area contributed by atoms with Crippen molar-refractivity contribution in [2.45, 2.75) is 13.5 Å². The maximum absolute atomic E-state index is 11.2. The number of hydrogen-bond donors (Lipinski definition) is 1. The van der Waals surface area contributed by atoms with Crippen LogP contribution in [0.2, 0.25) is 10.0 Å². The minimum absolute atomic E-state index is 0.0468. The Hall–Kier alpha value is -0.290. The molecule has 6 heteroatoms. The first-order valence-electron chi connectivity index (χ1n) is 4.36. The maximum atomic E-state index is 11.2. The van der Waals surface area contributed by atoms with Gasteiger partial charge in [-0.2, -0.15) is 0 Å². The molecule has 84 valence electrons. The van der Waals surface area contributed by atoms with Crippen molar-refractivity contribution in [3.05, 3.63) is 33.8 Å². The summed E-state index contributed by atoms with van der Waals surface area (Å²) in [7, 11) is -3.20. The fraction of sp³-hybridized carbons (Fsp3) is 0.333. The van der Waals surface area contributed by atoms with Crippen LogP contribution in [0.4, 0.5) is 0 Å². The third kappa shape index (κ3) is 3.99. The molecule has 0 saturated heterocycles. The van der Waals surface area contributed by atoms with E-state index in [-0.39, 0.29) is 12.3 Å². The predicted octanol–water partition coefficient (Wildman–Crippen LogP) is 2.43. The second-order valence-electron chi connectivity index (χ2n) is 2.96. The predicted molar refractivity (Wildman–Crippen MR) is 62.8 cm³/mol. The average Bonchev–Trinajstić information content (AvgIpc) is 2.20. The molecule has 1 aromatic carbocycles. The van der Waals surface area contributed by atoms with E-state index >= 15 is 0 Å². The lowest BCUT2D eigenvalue weighted by Crippen LogP contribution is -2.24. The van der Waals surface area contributed by atoms with Gasteiger partial charge in [0.05, 0.1) is 5.75 Å². The zero-order valence-electron chi connectivity index (χ0n) is 8.13. The smallest absolute Gasteiger partial charge is 0.211 e. The Morgan fingerprint density at radius 2 is 2.00 bits per heavy atom. The van der Waals surface area contributed by atoms with Crippen LogP contribution in [0.25, 0.3) is 0 Å². The molecule has 0 aliphatic heterocycles. The summed E-state index contributed by atoms with van der Waals surface area (Å²) in [5.74, 6) is 0.0468. The van der Waals surface area contributed by atoms with Gasteiger partial charge in [-0.1, -0.05) is 23.2 Å². The summed E-state index contributed by atoms with van der Waals surface area (Å²) >= 11 is 11.6. The highest BCUT2D eigenvalue weighted by Gasteiger charge is 2.08. The molecule has 1 rings (SSSR count). The summed E-state index contributed by atoms with van der Waals surface area (Å²) in [6.07, 6.45) is 0. The summed E-state index contributed by atoms with van der Waals surface area (Å²) < 4.78 is 24.8. The van der Waals surface area contributed by atoms with Gasteiger partial charge < -0.3 is 0 Å². The molecule has 0 atom stereocenters. The number of halogens is 2. The van der Waals surface area contributed by atoms with Crippen LogP contribution in [-0.4, -0.2) is 14.2 Å². The first kappa shape index (κ1) is 12.8. The van der Waals surface area contributed by atoms with Gasteiger partial charge in [0, 0.05) is 16.6 Å². The molecule has 15 heavy (non-hydrogen) atoms. The van der Waals surface area contributed by atoms with Crippen LogP contribution in [0, 0.1) is 0 Å². The molecule has 0 saturated carbocycles. The van der Waals surface area contributed by atoms with Crippen LogP contribution < -0.4 is 4.72 Å². The van der Waals surface area contributed by atoms with Crippen LogP contribution in [0.3, 0.4) is 0 Å². The Balaban J connectivity index is 2.78. The van der Waals surface area contributed by atoms with E-state index in [1.807, 2.05) is 0 Å². The van der Waals surface area contributed by atoms with Crippen molar-refractivity contribution in [3.8, 4) is 0 Å². The largest absolute Gasteiger partial charge is 0.212 e. The zero-order chi connectivity index (χ0) is 11.5. The zero-order valence-corrected chi connectivity index (χ0v) is 10.5. The Labute approximate surface area is 99.4 Å². The first-order valence-corrected chi connectivity index (χ1v) is 6.76. The molecule has 0 aliphatic carbocycles. The lowest BCUT2D eigenvalue weighted by Gasteiger charge is -2.06. The van der Waals surface area contributed by atoms with Crippen molar-refractivity contribution >= 4 is 33.2 Å². The second-order valence-corrected chi connectivity index (χ2v) is 5.90. The van der Waals surface area contributed by atoms with Gasteiger partial charge in [0.15, 0.2) is 0 Å². The lowest BCUT2D eigenvalue weighted by molar-refractivity contribution is 0.582. The van der Waals surface area contributed by atoms with Gasteiger partial charge >= 0.3 is 0 Å². The molecule has 3 nitrogen and oxygen atoms in total. The Morgan fingerprint density at radius 3 is 2.60 bits per heavy atom. The van der Waals surface area contributed by atoms with Gasteiger partial charge in [0.25, 0.3) is 0 Å². The molecule has 1 N–H and O–H groups in total. The Morgan fingerprint density at radius 1 is 1.33 bits per heavy atom. The third-order valence-corrected chi connectivity index (χ3v) is 3.82. The fourth-order valence-corrected chi connectivity index (χ4v) is 1.93. The minimum atomic E-state index is -3.20. The van der Waals surface area contributed by atoms with E-state index in [2.05, 4.69) is 4.72 Å². The average molecular weight is 268 g/mol. The SMILES string of the molecule is CCS(=O)(=O)NCc1cc(Cl)ccc1Cl. The van der Waals surface area contributed by atoms with Gasteiger partial charge in [-0.05, 0) is 30.7 Å². The van der Waals surface area contributed by atoms with Crippen LogP contribution in [0.5, 0.6) is 0 Å². The van der Waals surface area contributed by atoms with Gasteiger partial charge in [-0.25, -0.2) is 13.1 Å². The summed E-state index contributed by atoms with van der Waals surface area (Å²) in [4.78, 5) is 0. The van der Waals surface area contributed by atoms with Crippen LogP contribution in [0.15, 0.2) is 18.2 Å². The van der Waals surface area contributed by atoms with Crippen molar-refractivity contribution in [1.29, 1.82) is 0 Å². The molecule has 0 spiro atoms. The molecule has 0 amide bonds. The Kier molecular flexibility index (Phi) is 4.40. The van der Waals surface area contributed by atoms with E-state index in [1.165, 1.54) is 0 Å². The molecular formula is C9H11Cl2NO2S. The Bertz CT molecular complexity index is 445. The number of benzene rings is 1. The number of nitrogens with one attached hydrogen (secondary N) is 1. The summed E-state index contributed by atoms with van der Waals surface area (Å²) in [6, 6.07) is 4.93. The fourth-order valence-electron chi connectivity index (χ4n) is 0.969. The molecule has 0 aromatic heterocycles. The standard InChI is InChI=1S/C9H11Cl2NO2S/c1-2-15(13,14)12-6-7-5-8(10)3-4-9(7)11/h3-5,12H,2,6H2,1H3. The maximum Gasteiger partial charge on any atom is 0.211 e. The van der Waals surface area contributed by atoms with Crippen molar-refractivity contribution in [2.75, 3.05) is 5.75 Å². The lowest BCUT2D eigenvalue weighted by atomic mass is 10.2. The highest BCUT2D eigenvalue weighted by Crippen LogP contribution is 2.20. The van der Waals surface area contributed by atoms with Crippen LogP contribution >= 0.6 is 23.2 Å². The van der Waals surface area contributed by atoms with Crippen molar-refractivity contribution < 1.29 is 8.42 Å². The topological polar surface area (TPSA) is 46.2 Å². The molecule has 0 radical (unpaired) electrons. The number of rotatable bonds is 4. The molecule has 0 fully saturated rings. The molecular weight excluding hydrogens is 257 g/mol. The van der Waals surface area contributed by atoms with Gasteiger partial charge in [0.2, 0.25) is 10.0 Å². The normalized spacial score (nSPS) is 11.7. The monoisotopic (exact) mass is 267 g/mol. The van der Waals surface area contributed by atoms with Crippen molar-refractivity contribution in [1.82, 2.24) is 4.72 Å². The van der Waals surface area contributed by atoms with E-state index in [1.54, 1.807) is 25.1 Å². The number of hydrogen-bond acceptors (Lipinski definition) is 2. The quantitative estimate of drug-likeness (QED) is 0.911. The highest BCUT2D eigenvalue weighted by molar-refractivity contribution is 7.89. The summed E-state index contributed by atoms with van der Waals surface area (Å²) in [5.41, 5.74) is 0.668.